The van der Waals surface area contributed by atoms with Gasteiger partial charge in [0.2, 0.25) is 5.96 Å². The van der Waals surface area contributed by atoms with Crippen molar-refractivity contribution in [2.75, 3.05) is 27.7 Å². The van der Waals surface area contributed by atoms with Gasteiger partial charge < -0.3 is 10.6 Å². The Hall–Kier alpha value is -2.86. The van der Waals surface area contributed by atoms with E-state index in [9.17, 15) is 4.79 Å². The van der Waals surface area contributed by atoms with Gasteiger partial charge in [0, 0.05) is 26.7 Å². The number of hydrogen-bond donors (Lipinski definition) is 1. The van der Waals surface area contributed by atoms with Gasteiger partial charge in [-0.15, -0.1) is 0 Å². The van der Waals surface area contributed by atoms with E-state index in [0.717, 1.165) is 16.7 Å². The van der Waals surface area contributed by atoms with E-state index in [4.69, 9.17) is 10.6 Å². The van der Waals surface area contributed by atoms with Gasteiger partial charge in [-0.1, -0.05) is 30.3 Å². The summed E-state index contributed by atoms with van der Waals surface area (Å²) in [7, 11) is 5.23. The van der Waals surface area contributed by atoms with Gasteiger partial charge in [-0.3, -0.25) is 9.63 Å². The molecule has 2 aromatic carbocycles. The van der Waals surface area contributed by atoms with Gasteiger partial charge >= 0.3 is 0 Å². The molecule has 1 amide bonds. The molecule has 2 aromatic rings. The van der Waals surface area contributed by atoms with Crippen LogP contribution in [-0.4, -0.2) is 49.6 Å². The van der Waals surface area contributed by atoms with E-state index in [-0.39, 0.29) is 5.91 Å². The van der Waals surface area contributed by atoms with Gasteiger partial charge in [0.25, 0.3) is 5.91 Å². The van der Waals surface area contributed by atoms with Gasteiger partial charge in [-0.05, 0) is 41.8 Å². The average molecular weight is 352 g/mol. The van der Waals surface area contributed by atoms with Crippen molar-refractivity contribution in [2.45, 2.75) is 12.5 Å². The van der Waals surface area contributed by atoms with Crippen molar-refractivity contribution in [3.8, 4) is 11.1 Å². The molecule has 0 saturated heterocycles. The number of carbonyl (C=O) groups excluding carboxylic acids is 1. The third-order valence-corrected chi connectivity index (χ3v) is 4.58. The molecule has 0 fully saturated rings. The Morgan fingerprint density at radius 3 is 2.50 bits per heavy atom. The highest BCUT2D eigenvalue weighted by atomic mass is 16.7. The zero-order chi connectivity index (χ0) is 18.9. The van der Waals surface area contributed by atoms with Crippen molar-refractivity contribution in [1.29, 1.82) is 0 Å². The standard InChI is InChI=1S/C20H24N4O2/c1-20(13-26-24(4)19(21)22-20)17-7-5-6-16(12-17)14-8-10-15(11-9-14)18(25)23(2)3/h5-12H,13H2,1-4H3,(H2,21,22). The summed E-state index contributed by atoms with van der Waals surface area (Å²) in [5, 5.41) is 1.48. The first-order chi connectivity index (χ1) is 12.3. The normalized spacial score (nSPS) is 19.8. The maximum absolute atomic E-state index is 12.0. The van der Waals surface area contributed by atoms with Crippen LogP contribution in [0.3, 0.4) is 0 Å². The number of guanidine groups is 1. The minimum atomic E-state index is -0.534. The first kappa shape index (κ1) is 17.9. The van der Waals surface area contributed by atoms with E-state index >= 15 is 0 Å². The largest absolute Gasteiger partial charge is 0.368 e. The molecule has 0 bridgehead atoms. The van der Waals surface area contributed by atoms with Gasteiger partial charge in [0.05, 0.1) is 0 Å². The Balaban J connectivity index is 1.92. The molecule has 26 heavy (non-hydrogen) atoms. The number of benzene rings is 2. The lowest BCUT2D eigenvalue weighted by Gasteiger charge is -2.34. The molecule has 3 rings (SSSR count). The molecule has 0 aliphatic carbocycles. The van der Waals surface area contributed by atoms with Crippen molar-refractivity contribution < 1.29 is 9.63 Å². The lowest BCUT2D eigenvalue weighted by Crippen LogP contribution is -2.45. The number of nitrogens with two attached hydrogens (primary N) is 1. The summed E-state index contributed by atoms with van der Waals surface area (Å²) >= 11 is 0. The van der Waals surface area contributed by atoms with E-state index in [0.29, 0.717) is 18.1 Å². The highest BCUT2D eigenvalue weighted by Gasteiger charge is 2.32. The zero-order valence-corrected chi connectivity index (χ0v) is 15.6. The average Bonchev–Trinajstić information content (AvgIpc) is 2.64. The number of aliphatic imine (C=N–C) groups is 1. The molecule has 0 radical (unpaired) electrons. The molecule has 0 saturated carbocycles. The van der Waals surface area contributed by atoms with Gasteiger partial charge in [-0.2, -0.15) is 0 Å². The minimum Gasteiger partial charge on any atom is -0.368 e. The summed E-state index contributed by atoms with van der Waals surface area (Å²) in [6.45, 7) is 2.43. The lowest BCUT2D eigenvalue weighted by molar-refractivity contribution is -0.113. The second-order valence-electron chi connectivity index (χ2n) is 6.87. The van der Waals surface area contributed by atoms with Crippen molar-refractivity contribution in [2.24, 2.45) is 10.7 Å². The lowest BCUT2D eigenvalue weighted by atomic mass is 9.90. The van der Waals surface area contributed by atoms with Crippen molar-refractivity contribution in [3.05, 3.63) is 59.7 Å². The molecule has 1 aliphatic rings. The van der Waals surface area contributed by atoms with Crippen LogP contribution in [0.25, 0.3) is 11.1 Å². The Morgan fingerprint density at radius 1 is 1.19 bits per heavy atom. The fraction of sp³-hybridized carbons (Fsp3) is 0.300. The Kier molecular flexibility index (Phi) is 4.70. The van der Waals surface area contributed by atoms with Crippen molar-refractivity contribution in [1.82, 2.24) is 9.96 Å². The number of nitrogens with zero attached hydrogens (tertiary/aromatic N) is 3. The summed E-state index contributed by atoms with van der Waals surface area (Å²) < 4.78 is 0. The summed E-state index contributed by atoms with van der Waals surface area (Å²) in [5.74, 6) is 0.349. The molecule has 1 atom stereocenters. The highest BCUT2D eigenvalue weighted by Crippen LogP contribution is 2.32. The number of hydroxylamine groups is 2. The zero-order valence-electron chi connectivity index (χ0n) is 15.6. The predicted molar refractivity (Wildman–Crippen MR) is 103 cm³/mol. The van der Waals surface area contributed by atoms with Crippen LogP contribution in [0.5, 0.6) is 0 Å². The number of rotatable bonds is 3. The smallest absolute Gasteiger partial charge is 0.253 e. The molecular formula is C20H24N4O2. The Bertz CT molecular complexity index is 845. The SMILES string of the molecule is CN(C)C(=O)c1ccc(-c2cccc(C3(C)CON(C)C(N)=N3)c2)cc1. The Morgan fingerprint density at radius 2 is 1.88 bits per heavy atom. The van der Waals surface area contributed by atoms with Crippen LogP contribution in [-0.2, 0) is 10.4 Å². The first-order valence-electron chi connectivity index (χ1n) is 8.45. The monoisotopic (exact) mass is 352 g/mol. The topological polar surface area (TPSA) is 71.2 Å². The number of carbonyl (C=O) groups is 1. The van der Waals surface area contributed by atoms with Crippen LogP contribution < -0.4 is 5.73 Å². The van der Waals surface area contributed by atoms with Crippen molar-refractivity contribution in [3.63, 3.8) is 0 Å². The highest BCUT2D eigenvalue weighted by molar-refractivity contribution is 5.94. The third-order valence-electron chi connectivity index (χ3n) is 4.58. The van der Waals surface area contributed by atoms with Crippen LogP contribution >= 0.6 is 0 Å². The van der Waals surface area contributed by atoms with E-state index in [1.807, 2.05) is 49.4 Å². The van der Waals surface area contributed by atoms with Crippen LogP contribution in [0.15, 0.2) is 53.5 Å². The first-order valence-corrected chi connectivity index (χ1v) is 8.45. The van der Waals surface area contributed by atoms with Crippen LogP contribution in [0.1, 0.15) is 22.8 Å². The number of hydrogen-bond acceptors (Lipinski definition) is 5. The van der Waals surface area contributed by atoms with Crippen LogP contribution in [0, 0.1) is 0 Å². The molecule has 6 nitrogen and oxygen atoms in total. The van der Waals surface area contributed by atoms with Gasteiger partial charge in [0.15, 0.2) is 0 Å². The molecule has 2 N–H and O–H groups in total. The van der Waals surface area contributed by atoms with E-state index < -0.39 is 5.54 Å². The maximum atomic E-state index is 12.0. The minimum absolute atomic E-state index is 0.00824. The summed E-state index contributed by atoms with van der Waals surface area (Å²) in [4.78, 5) is 23.8. The van der Waals surface area contributed by atoms with E-state index in [1.165, 1.54) is 5.06 Å². The predicted octanol–water partition coefficient (Wildman–Crippen LogP) is 2.46. The summed E-state index contributed by atoms with van der Waals surface area (Å²) in [6, 6.07) is 15.8. The molecule has 1 unspecified atom stereocenters. The summed E-state index contributed by atoms with van der Waals surface area (Å²) in [5.41, 5.74) is 9.18. The quantitative estimate of drug-likeness (QED) is 0.921. The second-order valence-corrected chi connectivity index (χ2v) is 6.87. The van der Waals surface area contributed by atoms with E-state index in [2.05, 4.69) is 11.1 Å². The van der Waals surface area contributed by atoms with Crippen LogP contribution in [0.4, 0.5) is 0 Å². The molecule has 136 valence electrons. The summed E-state index contributed by atoms with van der Waals surface area (Å²) in [6.07, 6.45) is 0. The molecule has 0 aromatic heterocycles. The third kappa shape index (κ3) is 3.41. The fourth-order valence-electron chi connectivity index (χ4n) is 2.89. The molecule has 1 aliphatic heterocycles. The second kappa shape index (κ2) is 6.80. The number of amides is 1. The van der Waals surface area contributed by atoms with Crippen molar-refractivity contribution >= 4 is 11.9 Å². The molecule has 1 heterocycles. The van der Waals surface area contributed by atoms with E-state index in [1.54, 1.807) is 26.0 Å². The van der Waals surface area contributed by atoms with Gasteiger partial charge in [-0.25, -0.2) is 10.1 Å². The molecule has 0 spiro atoms. The fourth-order valence-corrected chi connectivity index (χ4v) is 2.89. The Labute approximate surface area is 153 Å². The van der Waals surface area contributed by atoms with Gasteiger partial charge in [0.1, 0.15) is 12.1 Å². The molecule has 6 heteroatoms. The molecular weight excluding hydrogens is 328 g/mol. The maximum Gasteiger partial charge on any atom is 0.253 e. The van der Waals surface area contributed by atoms with Crippen LogP contribution in [0.2, 0.25) is 0 Å².